The van der Waals surface area contributed by atoms with E-state index in [9.17, 15) is 19.5 Å². The molecule has 1 saturated carbocycles. The van der Waals surface area contributed by atoms with Gasteiger partial charge in [0.25, 0.3) is 0 Å². The summed E-state index contributed by atoms with van der Waals surface area (Å²) in [6, 6.07) is 6.97. The zero-order chi connectivity index (χ0) is 24.5. The summed E-state index contributed by atoms with van der Waals surface area (Å²) in [7, 11) is 1.20. The molecule has 1 aromatic carbocycles. The summed E-state index contributed by atoms with van der Waals surface area (Å²) < 4.78 is 15.8. The first kappa shape index (κ1) is 26.6. The number of nitrogens with one attached hydrogen (secondary N) is 2. The third-order valence-corrected chi connectivity index (χ3v) is 5.38. The van der Waals surface area contributed by atoms with E-state index in [0.717, 1.165) is 24.8 Å². The number of aliphatic hydroxyl groups is 1. The van der Waals surface area contributed by atoms with Crippen molar-refractivity contribution < 1.29 is 33.7 Å². The van der Waals surface area contributed by atoms with Crippen molar-refractivity contribution in [2.75, 3.05) is 13.7 Å². The van der Waals surface area contributed by atoms with E-state index in [1.165, 1.54) is 7.11 Å². The van der Waals surface area contributed by atoms with Crippen molar-refractivity contribution in [1.82, 2.24) is 10.6 Å². The molecule has 3 N–H and O–H groups in total. The molecule has 0 bridgehead atoms. The first-order valence-electron chi connectivity index (χ1n) is 11.3. The van der Waals surface area contributed by atoms with Crippen LogP contribution in [-0.2, 0) is 30.4 Å². The van der Waals surface area contributed by atoms with Gasteiger partial charge < -0.3 is 30.0 Å². The van der Waals surface area contributed by atoms with Gasteiger partial charge in [-0.3, -0.25) is 4.79 Å². The van der Waals surface area contributed by atoms with Crippen LogP contribution in [0.15, 0.2) is 30.3 Å². The van der Waals surface area contributed by atoms with Crippen molar-refractivity contribution in [1.29, 1.82) is 0 Å². The van der Waals surface area contributed by atoms with Crippen molar-refractivity contribution in [2.24, 2.45) is 0 Å². The first-order valence-corrected chi connectivity index (χ1v) is 11.3. The number of carbonyl (C=O) groups is 3. The van der Waals surface area contributed by atoms with Crippen molar-refractivity contribution >= 4 is 18.0 Å². The summed E-state index contributed by atoms with van der Waals surface area (Å²) in [5.74, 6) is -1.42. The lowest BCUT2D eigenvalue weighted by Crippen LogP contribution is -2.62. The second-order valence-corrected chi connectivity index (χ2v) is 9.33. The molecule has 0 heterocycles. The number of carbonyl (C=O) groups excluding carboxylic acids is 3. The van der Waals surface area contributed by atoms with Crippen LogP contribution >= 0.6 is 0 Å². The summed E-state index contributed by atoms with van der Waals surface area (Å²) in [6.07, 6.45) is 2.35. The van der Waals surface area contributed by atoms with Crippen molar-refractivity contribution in [2.45, 2.75) is 82.8 Å². The number of alkyl carbamates (subject to hydrolysis) is 1. The molecule has 1 fully saturated rings. The molecule has 0 radical (unpaired) electrons. The monoisotopic (exact) mass is 464 g/mol. The van der Waals surface area contributed by atoms with Crippen LogP contribution in [0, 0.1) is 0 Å². The molecular formula is C24H36N2O7. The standard InChI is InChI=1S/C24H36N2O7/c1-23(2,3)33-22(29)25-18(16-32-15-17-11-7-5-8-12-17)20(27)26-19(21(28)31-4)24(30)13-9-6-10-14-24/h5,7-8,11-12,18-19,30H,6,9-10,13-16H2,1-4H3,(H,25,29)(H,26,27)/t18-,19+/m0/s1. The number of benzene rings is 1. The lowest BCUT2D eigenvalue weighted by Gasteiger charge is -2.38. The Balaban J connectivity index is 2.12. The number of amides is 2. The van der Waals surface area contributed by atoms with E-state index in [1.807, 2.05) is 30.3 Å². The number of rotatable bonds is 9. The Morgan fingerprint density at radius 2 is 1.70 bits per heavy atom. The number of methoxy groups -OCH3 is 1. The molecule has 33 heavy (non-hydrogen) atoms. The topological polar surface area (TPSA) is 123 Å². The highest BCUT2D eigenvalue weighted by atomic mass is 16.6. The maximum atomic E-state index is 13.1. The Morgan fingerprint density at radius 3 is 2.27 bits per heavy atom. The molecular weight excluding hydrogens is 428 g/mol. The maximum absolute atomic E-state index is 13.1. The smallest absolute Gasteiger partial charge is 0.408 e. The minimum absolute atomic E-state index is 0.160. The van der Waals surface area contributed by atoms with Crippen LogP contribution in [0.2, 0.25) is 0 Å². The van der Waals surface area contributed by atoms with Crippen LogP contribution in [0.3, 0.4) is 0 Å². The molecule has 2 amide bonds. The number of ether oxygens (including phenoxy) is 3. The van der Waals surface area contributed by atoms with Crippen LogP contribution in [0.25, 0.3) is 0 Å². The van der Waals surface area contributed by atoms with Gasteiger partial charge in [0, 0.05) is 0 Å². The Hall–Kier alpha value is -2.65. The Kier molecular flexibility index (Phi) is 9.67. The predicted molar refractivity (Wildman–Crippen MR) is 121 cm³/mol. The van der Waals surface area contributed by atoms with Gasteiger partial charge in [-0.25, -0.2) is 9.59 Å². The van der Waals surface area contributed by atoms with Gasteiger partial charge in [0.2, 0.25) is 5.91 Å². The molecule has 2 atom stereocenters. The van der Waals surface area contributed by atoms with Crippen LogP contribution in [-0.4, -0.2) is 60.1 Å². The van der Waals surface area contributed by atoms with Gasteiger partial charge in [-0.15, -0.1) is 0 Å². The van der Waals surface area contributed by atoms with Gasteiger partial charge in [0.15, 0.2) is 6.04 Å². The third-order valence-electron chi connectivity index (χ3n) is 5.38. The van der Waals surface area contributed by atoms with Gasteiger partial charge in [0.1, 0.15) is 11.6 Å². The van der Waals surface area contributed by atoms with Crippen LogP contribution in [0.4, 0.5) is 4.79 Å². The van der Waals surface area contributed by atoms with Gasteiger partial charge in [0.05, 0.1) is 25.9 Å². The average molecular weight is 465 g/mol. The van der Waals surface area contributed by atoms with Gasteiger partial charge in [-0.1, -0.05) is 49.6 Å². The maximum Gasteiger partial charge on any atom is 0.408 e. The highest BCUT2D eigenvalue weighted by molar-refractivity contribution is 5.90. The largest absolute Gasteiger partial charge is 0.467 e. The molecule has 0 saturated heterocycles. The summed E-state index contributed by atoms with van der Waals surface area (Å²) in [5.41, 5.74) is -1.28. The fraction of sp³-hybridized carbons (Fsp3) is 0.625. The quantitative estimate of drug-likeness (QED) is 0.480. The Bertz CT molecular complexity index is 786. The first-order chi connectivity index (χ1) is 15.5. The average Bonchev–Trinajstić information content (AvgIpc) is 2.76. The Morgan fingerprint density at radius 1 is 1.06 bits per heavy atom. The minimum atomic E-state index is -1.41. The van der Waals surface area contributed by atoms with Crippen molar-refractivity contribution in [3.05, 3.63) is 35.9 Å². The molecule has 2 rings (SSSR count). The predicted octanol–water partition coefficient (Wildman–Crippen LogP) is 2.45. The molecule has 0 aliphatic heterocycles. The summed E-state index contributed by atoms with van der Waals surface area (Å²) in [5, 5.41) is 16.2. The fourth-order valence-electron chi connectivity index (χ4n) is 3.73. The van der Waals surface area contributed by atoms with Crippen LogP contribution < -0.4 is 10.6 Å². The van der Waals surface area contributed by atoms with E-state index in [4.69, 9.17) is 14.2 Å². The number of hydrogen-bond donors (Lipinski definition) is 3. The van der Waals surface area contributed by atoms with Crippen LogP contribution in [0.5, 0.6) is 0 Å². The molecule has 184 valence electrons. The molecule has 1 aliphatic rings. The van der Waals surface area contributed by atoms with E-state index in [1.54, 1.807) is 20.8 Å². The van der Waals surface area contributed by atoms with Crippen molar-refractivity contribution in [3.8, 4) is 0 Å². The highest BCUT2D eigenvalue weighted by Crippen LogP contribution is 2.31. The molecule has 0 spiro atoms. The lowest BCUT2D eigenvalue weighted by molar-refractivity contribution is -0.156. The molecule has 1 aromatic rings. The van der Waals surface area contributed by atoms with E-state index >= 15 is 0 Å². The normalized spacial score (nSPS) is 17.4. The minimum Gasteiger partial charge on any atom is -0.467 e. The number of hydrogen-bond acceptors (Lipinski definition) is 7. The molecule has 9 nitrogen and oxygen atoms in total. The van der Waals surface area contributed by atoms with Crippen LogP contribution in [0.1, 0.15) is 58.4 Å². The second kappa shape index (κ2) is 12.0. The Labute approximate surface area is 195 Å². The molecule has 0 aromatic heterocycles. The summed E-state index contributed by atoms with van der Waals surface area (Å²) in [4.78, 5) is 37.9. The lowest BCUT2D eigenvalue weighted by atomic mass is 9.79. The summed E-state index contributed by atoms with van der Waals surface area (Å²) >= 11 is 0. The van der Waals surface area contributed by atoms with E-state index < -0.39 is 41.3 Å². The zero-order valence-electron chi connectivity index (χ0n) is 19.9. The zero-order valence-corrected chi connectivity index (χ0v) is 19.9. The molecule has 0 unspecified atom stereocenters. The van der Waals surface area contributed by atoms with Gasteiger partial charge >= 0.3 is 12.1 Å². The highest BCUT2D eigenvalue weighted by Gasteiger charge is 2.44. The van der Waals surface area contributed by atoms with E-state index in [-0.39, 0.29) is 13.2 Å². The molecule has 1 aliphatic carbocycles. The van der Waals surface area contributed by atoms with Gasteiger partial charge in [-0.2, -0.15) is 0 Å². The summed E-state index contributed by atoms with van der Waals surface area (Å²) in [6.45, 7) is 5.19. The fourth-order valence-corrected chi connectivity index (χ4v) is 3.73. The van der Waals surface area contributed by atoms with Gasteiger partial charge in [-0.05, 0) is 39.2 Å². The second-order valence-electron chi connectivity index (χ2n) is 9.33. The SMILES string of the molecule is COC(=O)[C@@H](NC(=O)[C@H](COCc1ccccc1)NC(=O)OC(C)(C)C)C1(O)CCCCC1. The molecule has 9 heteroatoms. The van der Waals surface area contributed by atoms with Crippen molar-refractivity contribution in [3.63, 3.8) is 0 Å². The van der Waals surface area contributed by atoms with E-state index in [0.29, 0.717) is 12.8 Å². The third kappa shape index (κ3) is 8.66. The van der Waals surface area contributed by atoms with E-state index in [2.05, 4.69) is 10.6 Å². The number of esters is 1.